The van der Waals surface area contributed by atoms with Crippen LogP contribution in [0.25, 0.3) is 0 Å². The fourth-order valence-electron chi connectivity index (χ4n) is 3.43. The molecule has 3 aromatic rings. The molecule has 5 nitrogen and oxygen atoms in total. The second kappa shape index (κ2) is 7.40. The SMILES string of the molecule is CC(C)Oc1ccc(N2C(=S)N[C@H](c3ccccn3)[C@@H]2c2ccc[nH]2)cc1. The van der Waals surface area contributed by atoms with Gasteiger partial charge < -0.3 is 19.9 Å². The number of ether oxygens (including phenoxy) is 1. The van der Waals surface area contributed by atoms with Crippen LogP contribution in [0.15, 0.2) is 67.0 Å². The van der Waals surface area contributed by atoms with E-state index in [1.807, 2.05) is 74.8 Å². The minimum Gasteiger partial charge on any atom is -0.491 e. The summed E-state index contributed by atoms with van der Waals surface area (Å²) in [4.78, 5) is 10.0. The Morgan fingerprint density at radius 3 is 2.52 bits per heavy atom. The van der Waals surface area contributed by atoms with Crippen molar-refractivity contribution in [2.45, 2.75) is 32.0 Å². The van der Waals surface area contributed by atoms with E-state index < -0.39 is 0 Å². The molecule has 0 saturated carbocycles. The summed E-state index contributed by atoms with van der Waals surface area (Å²) in [5.74, 6) is 0.851. The van der Waals surface area contributed by atoms with Crippen LogP contribution in [-0.4, -0.2) is 21.2 Å². The van der Waals surface area contributed by atoms with Crippen LogP contribution in [0.3, 0.4) is 0 Å². The highest BCUT2D eigenvalue weighted by molar-refractivity contribution is 7.80. The summed E-state index contributed by atoms with van der Waals surface area (Å²) in [7, 11) is 0. The Balaban J connectivity index is 1.71. The summed E-state index contributed by atoms with van der Waals surface area (Å²) < 4.78 is 5.77. The van der Waals surface area contributed by atoms with Crippen molar-refractivity contribution in [3.63, 3.8) is 0 Å². The van der Waals surface area contributed by atoms with E-state index in [-0.39, 0.29) is 18.2 Å². The zero-order valence-corrected chi connectivity index (χ0v) is 16.1. The third-order valence-electron chi connectivity index (χ3n) is 4.53. The predicted octanol–water partition coefficient (Wildman–Crippen LogP) is 4.37. The van der Waals surface area contributed by atoms with Gasteiger partial charge in [0.1, 0.15) is 11.8 Å². The zero-order valence-electron chi connectivity index (χ0n) is 15.3. The van der Waals surface area contributed by atoms with E-state index in [0.717, 1.165) is 22.8 Å². The highest BCUT2D eigenvalue weighted by atomic mass is 32.1. The molecule has 0 aliphatic carbocycles. The van der Waals surface area contributed by atoms with E-state index in [1.54, 1.807) is 0 Å². The van der Waals surface area contributed by atoms with Crippen LogP contribution in [0.1, 0.15) is 37.3 Å². The number of hydrogen-bond donors (Lipinski definition) is 2. The van der Waals surface area contributed by atoms with Crippen LogP contribution < -0.4 is 15.0 Å². The number of thiocarbonyl (C=S) groups is 1. The maximum absolute atomic E-state index is 5.77. The summed E-state index contributed by atoms with van der Waals surface area (Å²) in [5, 5.41) is 4.13. The standard InChI is InChI=1S/C21H22N4OS/c1-14(2)26-16-10-8-15(9-11-16)25-20(18-7-5-13-23-18)19(24-21(25)27)17-6-3-4-12-22-17/h3-14,19-20,23H,1-2H3,(H,24,27)/t19-,20+/m1/s1. The van der Waals surface area contributed by atoms with Gasteiger partial charge >= 0.3 is 0 Å². The zero-order chi connectivity index (χ0) is 18.8. The van der Waals surface area contributed by atoms with E-state index in [0.29, 0.717) is 5.11 Å². The molecular weight excluding hydrogens is 356 g/mol. The van der Waals surface area contributed by atoms with Gasteiger partial charge in [-0.2, -0.15) is 0 Å². The number of anilines is 1. The van der Waals surface area contributed by atoms with E-state index in [2.05, 4.69) is 26.3 Å². The molecule has 1 saturated heterocycles. The Morgan fingerprint density at radius 1 is 1.07 bits per heavy atom. The second-order valence-corrected chi connectivity index (χ2v) is 7.17. The van der Waals surface area contributed by atoms with Crippen LogP contribution in [0.2, 0.25) is 0 Å². The van der Waals surface area contributed by atoms with Crippen molar-refractivity contribution in [3.8, 4) is 5.75 Å². The van der Waals surface area contributed by atoms with Crippen molar-refractivity contribution in [2.75, 3.05) is 4.90 Å². The van der Waals surface area contributed by atoms with Gasteiger partial charge in [-0.3, -0.25) is 4.98 Å². The lowest BCUT2D eigenvalue weighted by molar-refractivity contribution is 0.242. The van der Waals surface area contributed by atoms with E-state index in [4.69, 9.17) is 17.0 Å². The lowest BCUT2D eigenvalue weighted by Crippen LogP contribution is -2.29. The molecule has 138 valence electrons. The number of benzene rings is 1. The fourth-order valence-corrected chi connectivity index (χ4v) is 3.78. The first kappa shape index (κ1) is 17.5. The van der Waals surface area contributed by atoms with Gasteiger partial charge in [0.05, 0.1) is 17.8 Å². The molecule has 0 amide bonds. The number of aromatic amines is 1. The molecule has 27 heavy (non-hydrogen) atoms. The summed E-state index contributed by atoms with van der Waals surface area (Å²) in [5.41, 5.74) is 3.06. The number of nitrogens with zero attached hydrogens (tertiary/aromatic N) is 2. The number of H-pyrrole nitrogens is 1. The number of rotatable bonds is 5. The molecule has 2 aromatic heterocycles. The van der Waals surface area contributed by atoms with Crippen molar-refractivity contribution < 1.29 is 4.74 Å². The molecule has 1 aliphatic rings. The number of pyridine rings is 1. The normalized spacial score (nSPS) is 19.4. The average Bonchev–Trinajstić information content (AvgIpc) is 3.30. The van der Waals surface area contributed by atoms with Gasteiger partial charge in [-0.1, -0.05) is 6.07 Å². The Kier molecular flexibility index (Phi) is 4.81. The molecule has 1 fully saturated rings. The van der Waals surface area contributed by atoms with Crippen LogP contribution in [0.4, 0.5) is 5.69 Å². The maximum atomic E-state index is 5.77. The van der Waals surface area contributed by atoms with Crippen molar-refractivity contribution in [1.29, 1.82) is 0 Å². The van der Waals surface area contributed by atoms with Crippen LogP contribution >= 0.6 is 12.2 Å². The Morgan fingerprint density at radius 2 is 1.89 bits per heavy atom. The third kappa shape index (κ3) is 3.53. The first-order chi connectivity index (χ1) is 13.1. The number of nitrogens with one attached hydrogen (secondary N) is 2. The van der Waals surface area contributed by atoms with Crippen molar-refractivity contribution in [3.05, 3.63) is 78.4 Å². The molecule has 2 N–H and O–H groups in total. The average molecular weight is 379 g/mol. The molecule has 1 aromatic carbocycles. The second-order valence-electron chi connectivity index (χ2n) is 6.78. The largest absolute Gasteiger partial charge is 0.491 e. The van der Waals surface area contributed by atoms with Crippen molar-refractivity contribution >= 4 is 23.0 Å². The quantitative estimate of drug-likeness (QED) is 0.646. The van der Waals surface area contributed by atoms with E-state index >= 15 is 0 Å². The fraction of sp³-hybridized carbons (Fsp3) is 0.238. The molecule has 3 heterocycles. The molecular formula is C21H22N4OS. The monoisotopic (exact) mass is 378 g/mol. The van der Waals surface area contributed by atoms with Gasteiger partial charge in [-0.15, -0.1) is 0 Å². The van der Waals surface area contributed by atoms with Crippen molar-refractivity contribution in [1.82, 2.24) is 15.3 Å². The molecule has 0 unspecified atom stereocenters. The van der Waals surface area contributed by atoms with Gasteiger partial charge in [0.25, 0.3) is 0 Å². The molecule has 0 spiro atoms. The lowest BCUT2D eigenvalue weighted by Gasteiger charge is -2.27. The Hall–Kier alpha value is -2.86. The van der Waals surface area contributed by atoms with Gasteiger partial charge in [-0.05, 0) is 74.6 Å². The smallest absolute Gasteiger partial charge is 0.174 e. The van der Waals surface area contributed by atoms with Crippen molar-refractivity contribution in [2.24, 2.45) is 0 Å². The lowest BCUT2D eigenvalue weighted by atomic mass is 10.0. The maximum Gasteiger partial charge on any atom is 0.174 e. The summed E-state index contributed by atoms with van der Waals surface area (Å²) >= 11 is 5.70. The molecule has 0 bridgehead atoms. The van der Waals surface area contributed by atoms with E-state index in [9.17, 15) is 0 Å². The Labute approximate surface area is 164 Å². The Bertz CT molecular complexity index is 894. The first-order valence-corrected chi connectivity index (χ1v) is 9.45. The van der Waals surface area contributed by atoms with Gasteiger partial charge in [0.15, 0.2) is 5.11 Å². The van der Waals surface area contributed by atoms with Crippen LogP contribution in [0.5, 0.6) is 5.75 Å². The predicted molar refractivity (Wildman–Crippen MR) is 111 cm³/mol. The molecule has 0 radical (unpaired) electrons. The van der Waals surface area contributed by atoms with E-state index in [1.165, 1.54) is 0 Å². The number of hydrogen-bond acceptors (Lipinski definition) is 3. The summed E-state index contributed by atoms with van der Waals surface area (Å²) in [6.45, 7) is 4.04. The molecule has 6 heteroatoms. The highest BCUT2D eigenvalue weighted by Crippen LogP contribution is 2.41. The van der Waals surface area contributed by atoms with Gasteiger partial charge in [-0.25, -0.2) is 0 Å². The van der Waals surface area contributed by atoms with Crippen LogP contribution in [-0.2, 0) is 0 Å². The topological polar surface area (TPSA) is 53.2 Å². The minimum atomic E-state index is -0.0380. The van der Waals surface area contributed by atoms with Crippen LogP contribution in [0, 0.1) is 0 Å². The molecule has 2 atom stereocenters. The number of aromatic nitrogens is 2. The molecule has 1 aliphatic heterocycles. The highest BCUT2D eigenvalue weighted by Gasteiger charge is 2.41. The van der Waals surface area contributed by atoms with Gasteiger partial charge in [0, 0.05) is 23.8 Å². The first-order valence-electron chi connectivity index (χ1n) is 9.04. The third-order valence-corrected chi connectivity index (χ3v) is 4.84. The molecule has 4 rings (SSSR count). The van der Waals surface area contributed by atoms with Gasteiger partial charge in [0.2, 0.25) is 0 Å². The minimum absolute atomic E-state index is 0.0146. The summed E-state index contributed by atoms with van der Waals surface area (Å²) in [6.07, 6.45) is 3.89. The summed E-state index contributed by atoms with van der Waals surface area (Å²) in [6, 6.07) is 18.0.